The van der Waals surface area contributed by atoms with E-state index in [1.165, 1.54) is 10.6 Å². The molecule has 1 aliphatic rings. The Hall–Kier alpha value is -3.86. The molecule has 1 saturated heterocycles. The maximum absolute atomic E-state index is 14.5. The third kappa shape index (κ3) is 4.46. The minimum absolute atomic E-state index is 0.0233. The van der Waals surface area contributed by atoms with Crippen LogP contribution in [0.2, 0.25) is 0 Å². The average Bonchev–Trinajstić information content (AvgIpc) is 3.37. The monoisotopic (exact) mass is 472 g/mol. The lowest BCUT2D eigenvalue weighted by Gasteiger charge is -2.17. The predicted molar refractivity (Wildman–Crippen MR) is 122 cm³/mol. The van der Waals surface area contributed by atoms with Crippen LogP contribution in [0, 0.1) is 5.82 Å². The highest BCUT2D eigenvalue weighted by atomic mass is 19.1. The summed E-state index contributed by atoms with van der Waals surface area (Å²) in [5, 5.41) is 21.6. The number of halogens is 1. The second kappa shape index (κ2) is 9.56. The highest BCUT2D eigenvalue weighted by Gasteiger charge is 2.41. The zero-order valence-electron chi connectivity index (χ0n) is 18.5. The summed E-state index contributed by atoms with van der Waals surface area (Å²) in [5.74, 6) is -1.34. The summed E-state index contributed by atoms with van der Waals surface area (Å²) in [5.41, 5.74) is 1.47. The Labute approximate surface area is 193 Å². The summed E-state index contributed by atoms with van der Waals surface area (Å²) in [6.45, 7) is 1.02. The largest absolute Gasteiger partial charge is 0.488 e. The number of aryl methyl sites for hydroxylation is 1. The van der Waals surface area contributed by atoms with Gasteiger partial charge >= 0.3 is 17.8 Å². The molecule has 34 heavy (non-hydrogen) atoms. The SMILES string of the molecule is CNCCCn1c(=O)[nH]c2c(F)ccc(-c3cccc(O[C@H]4C[C@@H](C(=O)O)N(C(=O)O)C4)c3)c21. The van der Waals surface area contributed by atoms with E-state index in [0.717, 1.165) is 4.90 Å². The number of likely N-dealkylation sites (tertiary alicyclic amines) is 1. The summed E-state index contributed by atoms with van der Waals surface area (Å²) < 4.78 is 21.9. The van der Waals surface area contributed by atoms with Gasteiger partial charge in [0.05, 0.1) is 12.1 Å². The van der Waals surface area contributed by atoms with Crippen LogP contribution in [-0.4, -0.2) is 69.0 Å². The van der Waals surface area contributed by atoms with Gasteiger partial charge in [0, 0.05) is 18.5 Å². The van der Waals surface area contributed by atoms with Gasteiger partial charge in [-0.2, -0.15) is 0 Å². The van der Waals surface area contributed by atoms with E-state index >= 15 is 0 Å². The number of benzene rings is 2. The fourth-order valence-electron chi connectivity index (χ4n) is 4.36. The second-order valence-electron chi connectivity index (χ2n) is 8.15. The molecule has 1 fully saturated rings. The van der Waals surface area contributed by atoms with Crippen molar-refractivity contribution < 1.29 is 28.9 Å². The van der Waals surface area contributed by atoms with Crippen molar-refractivity contribution in [2.45, 2.75) is 31.5 Å². The van der Waals surface area contributed by atoms with Gasteiger partial charge in [0.15, 0.2) is 0 Å². The summed E-state index contributed by atoms with van der Waals surface area (Å²) >= 11 is 0. The number of carbonyl (C=O) groups is 2. The number of nitrogens with zero attached hydrogens (tertiary/aromatic N) is 2. The van der Waals surface area contributed by atoms with Gasteiger partial charge < -0.3 is 25.3 Å². The van der Waals surface area contributed by atoms with Gasteiger partial charge in [0.2, 0.25) is 0 Å². The number of aromatic nitrogens is 2. The van der Waals surface area contributed by atoms with E-state index in [9.17, 15) is 29.0 Å². The lowest BCUT2D eigenvalue weighted by molar-refractivity contribution is -0.141. The number of hydrogen-bond acceptors (Lipinski definition) is 5. The van der Waals surface area contributed by atoms with Crippen molar-refractivity contribution >= 4 is 23.1 Å². The first-order valence-electron chi connectivity index (χ1n) is 10.8. The van der Waals surface area contributed by atoms with Crippen LogP contribution in [0.15, 0.2) is 41.2 Å². The Balaban J connectivity index is 1.66. The van der Waals surface area contributed by atoms with Crippen LogP contribution in [0.5, 0.6) is 5.75 Å². The molecule has 0 spiro atoms. The van der Waals surface area contributed by atoms with E-state index in [2.05, 4.69) is 10.3 Å². The first-order chi connectivity index (χ1) is 16.3. The molecular weight excluding hydrogens is 447 g/mol. The van der Waals surface area contributed by atoms with Crippen LogP contribution in [0.1, 0.15) is 12.8 Å². The van der Waals surface area contributed by atoms with Gasteiger partial charge in [-0.1, -0.05) is 12.1 Å². The van der Waals surface area contributed by atoms with E-state index in [1.807, 2.05) is 7.05 Å². The first-order valence-corrected chi connectivity index (χ1v) is 10.8. The number of aliphatic carboxylic acids is 1. The number of imidazole rings is 1. The number of nitrogens with one attached hydrogen (secondary N) is 2. The second-order valence-corrected chi connectivity index (χ2v) is 8.15. The number of aromatic amines is 1. The molecular formula is C23H25FN4O6. The lowest BCUT2D eigenvalue weighted by Crippen LogP contribution is -2.39. The van der Waals surface area contributed by atoms with Crippen molar-refractivity contribution in [3.05, 3.63) is 52.7 Å². The molecule has 0 unspecified atom stereocenters. The van der Waals surface area contributed by atoms with Crippen LogP contribution in [0.3, 0.4) is 0 Å². The van der Waals surface area contributed by atoms with Crippen molar-refractivity contribution in [1.29, 1.82) is 0 Å². The van der Waals surface area contributed by atoms with E-state index in [0.29, 0.717) is 41.9 Å². The van der Waals surface area contributed by atoms with Gasteiger partial charge in [0.1, 0.15) is 29.2 Å². The molecule has 4 rings (SSSR count). The van der Waals surface area contributed by atoms with Crippen LogP contribution in [-0.2, 0) is 11.3 Å². The summed E-state index contributed by atoms with van der Waals surface area (Å²) in [6, 6.07) is 8.64. The first kappa shape index (κ1) is 23.3. The zero-order chi connectivity index (χ0) is 24.4. The molecule has 180 valence electrons. The van der Waals surface area contributed by atoms with Gasteiger partial charge in [-0.15, -0.1) is 0 Å². The molecule has 2 aromatic carbocycles. The van der Waals surface area contributed by atoms with Crippen molar-refractivity contribution in [3.8, 4) is 16.9 Å². The molecule has 1 aromatic heterocycles. The number of H-pyrrole nitrogens is 1. The Kier molecular flexibility index (Phi) is 6.55. The molecule has 0 bridgehead atoms. The fraction of sp³-hybridized carbons (Fsp3) is 0.348. The molecule has 0 saturated carbocycles. The number of hydrogen-bond donors (Lipinski definition) is 4. The van der Waals surface area contributed by atoms with E-state index in [-0.39, 0.29) is 18.5 Å². The van der Waals surface area contributed by atoms with Crippen LogP contribution >= 0.6 is 0 Å². The van der Waals surface area contributed by atoms with Gasteiger partial charge in [-0.25, -0.2) is 18.8 Å². The molecule has 3 aromatic rings. The van der Waals surface area contributed by atoms with Gasteiger partial charge in [-0.3, -0.25) is 9.47 Å². The van der Waals surface area contributed by atoms with Crippen molar-refractivity contribution in [1.82, 2.24) is 19.8 Å². The lowest BCUT2D eigenvalue weighted by atomic mass is 10.0. The molecule has 2 heterocycles. The summed E-state index contributed by atoms with van der Waals surface area (Å²) in [7, 11) is 1.81. The molecule has 2 atom stereocenters. The molecule has 10 nitrogen and oxygen atoms in total. The summed E-state index contributed by atoms with van der Waals surface area (Å²) in [4.78, 5) is 38.8. The smallest absolute Gasteiger partial charge is 0.408 e. The van der Waals surface area contributed by atoms with Crippen molar-refractivity contribution in [2.24, 2.45) is 0 Å². The van der Waals surface area contributed by atoms with Crippen LogP contribution in [0.25, 0.3) is 22.2 Å². The van der Waals surface area contributed by atoms with Crippen molar-refractivity contribution in [3.63, 3.8) is 0 Å². The fourth-order valence-corrected chi connectivity index (χ4v) is 4.36. The predicted octanol–water partition coefficient (Wildman–Crippen LogP) is 2.33. The number of fused-ring (bicyclic) bond motifs is 1. The van der Waals surface area contributed by atoms with Crippen molar-refractivity contribution in [2.75, 3.05) is 20.1 Å². The topological polar surface area (TPSA) is 137 Å². The Morgan fingerprint density at radius 3 is 2.74 bits per heavy atom. The zero-order valence-corrected chi connectivity index (χ0v) is 18.5. The quantitative estimate of drug-likeness (QED) is 0.369. The number of amides is 1. The molecule has 0 radical (unpaired) electrons. The van der Waals surface area contributed by atoms with E-state index in [4.69, 9.17) is 4.74 Å². The third-order valence-electron chi connectivity index (χ3n) is 5.92. The van der Waals surface area contributed by atoms with E-state index in [1.54, 1.807) is 30.3 Å². The normalized spacial score (nSPS) is 17.9. The number of carboxylic acids is 1. The molecule has 1 aliphatic heterocycles. The Bertz CT molecular complexity index is 1260. The van der Waals surface area contributed by atoms with Crippen LogP contribution < -0.4 is 15.7 Å². The molecule has 0 aliphatic carbocycles. The molecule has 4 N–H and O–H groups in total. The van der Waals surface area contributed by atoms with Gasteiger partial charge in [-0.05, 0) is 49.8 Å². The maximum atomic E-state index is 14.5. The maximum Gasteiger partial charge on any atom is 0.408 e. The Morgan fingerprint density at radius 2 is 2.06 bits per heavy atom. The van der Waals surface area contributed by atoms with Crippen LogP contribution in [0.4, 0.5) is 9.18 Å². The Morgan fingerprint density at radius 1 is 1.26 bits per heavy atom. The number of rotatable bonds is 8. The average molecular weight is 472 g/mol. The molecule has 11 heteroatoms. The highest BCUT2D eigenvalue weighted by Crippen LogP contribution is 2.32. The summed E-state index contributed by atoms with van der Waals surface area (Å²) in [6.07, 6.45) is -1.25. The minimum atomic E-state index is -1.32. The highest BCUT2D eigenvalue weighted by molar-refractivity contribution is 5.93. The third-order valence-corrected chi connectivity index (χ3v) is 5.92. The van der Waals surface area contributed by atoms with E-state index < -0.39 is 35.7 Å². The minimum Gasteiger partial charge on any atom is -0.488 e. The standard InChI is InChI=1S/C23H25FN4O6/c1-25-8-3-9-27-20-16(6-7-17(24)19(20)26-22(27)31)13-4-2-5-14(10-13)34-15-11-18(21(29)30)28(12-15)23(32)33/h2,4-7,10,15,18,25H,3,8-9,11-12H2,1H3,(H,26,31)(H,29,30)(H,32,33)/t15-,18-/m0/s1. The number of carboxylic acid groups (broad SMARTS) is 2. The number of ether oxygens (including phenoxy) is 1. The molecule has 1 amide bonds. The van der Waals surface area contributed by atoms with Gasteiger partial charge in [0.25, 0.3) is 0 Å².